The highest BCUT2D eigenvalue weighted by atomic mass is 16.2. The monoisotopic (exact) mass is 392 g/mol. The Morgan fingerprint density at radius 2 is 2.10 bits per heavy atom. The summed E-state index contributed by atoms with van der Waals surface area (Å²) in [5, 5.41) is 9.08. The molecule has 29 heavy (non-hydrogen) atoms. The van der Waals surface area contributed by atoms with E-state index in [2.05, 4.69) is 45.1 Å². The summed E-state index contributed by atoms with van der Waals surface area (Å²) < 4.78 is 0. The molecule has 0 bridgehead atoms. The molecule has 2 aromatic carbocycles. The molecule has 0 unspecified atom stereocenters. The largest absolute Gasteiger partial charge is 0.372 e. The van der Waals surface area contributed by atoms with Crippen LogP contribution in [0.15, 0.2) is 36.4 Å². The van der Waals surface area contributed by atoms with Crippen molar-refractivity contribution in [3.63, 3.8) is 0 Å². The van der Waals surface area contributed by atoms with Crippen LogP contribution in [0.4, 0.5) is 17.1 Å². The number of benzene rings is 2. The molecule has 2 aliphatic heterocycles. The third kappa shape index (κ3) is 4.06. The van der Waals surface area contributed by atoms with Gasteiger partial charge < -0.3 is 20.9 Å². The Balaban J connectivity index is 1.37. The van der Waals surface area contributed by atoms with E-state index in [0.29, 0.717) is 23.5 Å². The van der Waals surface area contributed by atoms with E-state index in [-0.39, 0.29) is 17.9 Å². The highest BCUT2D eigenvalue weighted by Gasteiger charge is 2.26. The van der Waals surface area contributed by atoms with Gasteiger partial charge in [0.05, 0.1) is 16.9 Å². The fourth-order valence-corrected chi connectivity index (χ4v) is 4.15. The van der Waals surface area contributed by atoms with Crippen LogP contribution in [0.25, 0.3) is 0 Å². The summed E-state index contributed by atoms with van der Waals surface area (Å²) in [4.78, 5) is 27.2. The van der Waals surface area contributed by atoms with Crippen molar-refractivity contribution < 1.29 is 9.59 Å². The first kappa shape index (κ1) is 19.3. The van der Waals surface area contributed by atoms with Gasteiger partial charge in [-0.1, -0.05) is 18.2 Å². The normalized spacial score (nSPS) is 17.7. The molecule has 0 fully saturated rings. The van der Waals surface area contributed by atoms with Crippen LogP contribution in [0.5, 0.6) is 0 Å². The summed E-state index contributed by atoms with van der Waals surface area (Å²) >= 11 is 0. The summed E-state index contributed by atoms with van der Waals surface area (Å²) in [5.74, 6) is -0.198. The van der Waals surface area contributed by atoms with Crippen molar-refractivity contribution in [1.82, 2.24) is 5.32 Å². The van der Waals surface area contributed by atoms with Gasteiger partial charge >= 0.3 is 0 Å². The molecular weight excluding hydrogens is 364 g/mol. The fourth-order valence-electron chi connectivity index (χ4n) is 4.15. The van der Waals surface area contributed by atoms with Crippen molar-refractivity contribution >= 4 is 28.9 Å². The molecule has 0 saturated heterocycles. The van der Waals surface area contributed by atoms with Crippen LogP contribution in [0.2, 0.25) is 0 Å². The molecule has 0 aliphatic carbocycles. The molecule has 0 saturated carbocycles. The average molecular weight is 393 g/mol. The van der Waals surface area contributed by atoms with Crippen molar-refractivity contribution in [2.24, 2.45) is 0 Å². The zero-order valence-corrected chi connectivity index (χ0v) is 17.0. The predicted molar refractivity (Wildman–Crippen MR) is 117 cm³/mol. The van der Waals surface area contributed by atoms with E-state index in [0.717, 1.165) is 31.5 Å². The van der Waals surface area contributed by atoms with Gasteiger partial charge in [0, 0.05) is 25.3 Å². The predicted octanol–water partition coefficient (Wildman–Crippen LogP) is 3.32. The van der Waals surface area contributed by atoms with E-state index in [1.165, 1.54) is 17.7 Å². The van der Waals surface area contributed by atoms with E-state index in [9.17, 15) is 9.59 Å². The summed E-state index contributed by atoms with van der Waals surface area (Å²) in [5.41, 5.74) is 5.63. The molecule has 2 heterocycles. The number of anilines is 3. The molecule has 0 radical (unpaired) electrons. The van der Waals surface area contributed by atoms with Crippen LogP contribution in [-0.2, 0) is 11.2 Å². The summed E-state index contributed by atoms with van der Waals surface area (Å²) in [7, 11) is 0. The van der Waals surface area contributed by atoms with Crippen LogP contribution in [0.3, 0.4) is 0 Å². The topological polar surface area (TPSA) is 73.5 Å². The minimum Gasteiger partial charge on any atom is -0.372 e. The second-order valence-corrected chi connectivity index (χ2v) is 7.92. The Morgan fingerprint density at radius 3 is 2.97 bits per heavy atom. The van der Waals surface area contributed by atoms with Gasteiger partial charge in [0.25, 0.3) is 5.91 Å². The van der Waals surface area contributed by atoms with Gasteiger partial charge in [-0.15, -0.1) is 0 Å². The lowest BCUT2D eigenvalue weighted by Gasteiger charge is -2.31. The quantitative estimate of drug-likeness (QED) is 0.683. The SMILES string of the molecule is Cc1cc2c(c(C(=O)NCCCN3CCCc4ccccc43)c1)N[C@H](C)C(=O)N2. The van der Waals surface area contributed by atoms with Crippen LogP contribution >= 0.6 is 0 Å². The third-order valence-corrected chi connectivity index (χ3v) is 5.64. The van der Waals surface area contributed by atoms with E-state index >= 15 is 0 Å². The maximum atomic E-state index is 12.8. The van der Waals surface area contributed by atoms with Crippen LogP contribution in [0.1, 0.15) is 41.3 Å². The van der Waals surface area contributed by atoms with Crippen LogP contribution < -0.4 is 20.9 Å². The van der Waals surface area contributed by atoms with Crippen LogP contribution in [-0.4, -0.2) is 37.5 Å². The van der Waals surface area contributed by atoms with Gasteiger partial charge in [0.1, 0.15) is 6.04 Å². The lowest BCUT2D eigenvalue weighted by molar-refractivity contribution is -0.116. The second kappa shape index (κ2) is 8.15. The maximum absolute atomic E-state index is 12.8. The zero-order valence-electron chi connectivity index (χ0n) is 17.0. The average Bonchev–Trinajstić information content (AvgIpc) is 2.72. The second-order valence-electron chi connectivity index (χ2n) is 7.92. The maximum Gasteiger partial charge on any atom is 0.253 e. The van der Waals surface area contributed by atoms with Gasteiger partial charge in [-0.05, 0) is 62.4 Å². The standard InChI is InChI=1S/C23H28N4O2/c1-15-13-18(21-19(14-15)26-22(28)16(2)25-21)23(29)24-10-6-12-27-11-5-8-17-7-3-4-9-20(17)27/h3-4,7,9,13-14,16,25H,5-6,8,10-12H2,1-2H3,(H,24,29)(H,26,28)/t16-/m1/s1. The first-order valence-corrected chi connectivity index (χ1v) is 10.4. The smallest absolute Gasteiger partial charge is 0.253 e. The van der Waals surface area contributed by atoms with Crippen molar-refractivity contribution in [2.45, 2.75) is 39.2 Å². The Kier molecular flexibility index (Phi) is 5.43. The Labute approximate surface area is 171 Å². The Hall–Kier alpha value is -3.02. The van der Waals surface area contributed by atoms with Gasteiger partial charge in [0.2, 0.25) is 5.91 Å². The number of fused-ring (bicyclic) bond motifs is 2. The first-order chi connectivity index (χ1) is 14.0. The van der Waals surface area contributed by atoms with Crippen molar-refractivity contribution in [2.75, 3.05) is 35.2 Å². The van der Waals surface area contributed by atoms with E-state index in [1.54, 1.807) is 6.92 Å². The van der Waals surface area contributed by atoms with Gasteiger partial charge in [-0.2, -0.15) is 0 Å². The number of carbonyl (C=O) groups is 2. The number of hydrogen-bond acceptors (Lipinski definition) is 4. The molecule has 2 aliphatic rings. The molecule has 4 rings (SSSR count). The molecular formula is C23H28N4O2. The highest BCUT2D eigenvalue weighted by molar-refractivity contribution is 6.09. The highest BCUT2D eigenvalue weighted by Crippen LogP contribution is 2.32. The summed E-state index contributed by atoms with van der Waals surface area (Å²) in [6.07, 6.45) is 3.20. The Morgan fingerprint density at radius 1 is 1.28 bits per heavy atom. The fraction of sp³-hybridized carbons (Fsp3) is 0.391. The van der Waals surface area contributed by atoms with E-state index in [1.807, 2.05) is 19.1 Å². The minimum atomic E-state index is -0.365. The van der Waals surface area contributed by atoms with Gasteiger partial charge in [-0.25, -0.2) is 0 Å². The molecule has 152 valence electrons. The van der Waals surface area contributed by atoms with E-state index in [4.69, 9.17) is 0 Å². The molecule has 6 nitrogen and oxygen atoms in total. The van der Waals surface area contributed by atoms with Crippen molar-refractivity contribution in [3.05, 3.63) is 53.1 Å². The first-order valence-electron chi connectivity index (χ1n) is 10.4. The molecule has 3 N–H and O–H groups in total. The lowest BCUT2D eigenvalue weighted by atomic mass is 10.0. The van der Waals surface area contributed by atoms with Crippen molar-refractivity contribution in [3.8, 4) is 0 Å². The number of rotatable bonds is 5. The molecule has 6 heteroatoms. The summed E-state index contributed by atoms with van der Waals surface area (Å²) in [6.45, 7) is 6.32. The molecule has 1 atom stereocenters. The van der Waals surface area contributed by atoms with Gasteiger partial charge in [0.15, 0.2) is 0 Å². The number of para-hydroxylation sites is 1. The number of aryl methyl sites for hydroxylation is 2. The van der Waals surface area contributed by atoms with Crippen molar-refractivity contribution in [1.29, 1.82) is 0 Å². The zero-order chi connectivity index (χ0) is 20.4. The lowest BCUT2D eigenvalue weighted by Crippen LogP contribution is -2.38. The van der Waals surface area contributed by atoms with E-state index < -0.39 is 0 Å². The number of amides is 2. The molecule has 0 spiro atoms. The molecule has 0 aromatic heterocycles. The Bertz CT molecular complexity index is 940. The molecule has 2 amide bonds. The minimum absolute atomic E-state index is 0.0868. The summed E-state index contributed by atoms with van der Waals surface area (Å²) in [6, 6.07) is 12.0. The third-order valence-electron chi connectivity index (χ3n) is 5.64. The number of nitrogens with zero attached hydrogens (tertiary/aromatic N) is 1. The number of nitrogens with one attached hydrogen (secondary N) is 3. The van der Waals surface area contributed by atoms with Gasteiger partial charge in [-0.3, -0.25) is 9.59 Å². The number of carbonyl (C=O) groups excluding carboxylic acids is 2. The number of hydrogen-bond donors (Lipinski definition) is 3. The van der Waals surface area contributed by atoms with Crippen LogP contribution in [0, 0.1) is 6.92 Å². The molecule has 2 aromatic rings.